The Morgan fingerprint density at radius 1 is 1.50 bits per heavy atom. The van der Waals surface area contributed by atoms with Crippen LogP contribution >= 0.6 is 0 Å². The van der Waals surface area contributed by atoms with Gasteiger partial charge in [0.25, 0.3) is 0 Å². The summed E-state index contributed by atoms with van der Waals surface area (Å²) >= 11 is 0. The summed E-state index contributed by atoms with van der Waals surface area (Å²) in [5.41, 5.74) is 0. The van der Waals surface area contributed by atoms with E-state index in [1.54, 1.807) is 13.2 Å². The Labute approximate surface area is 130 Å². The summed E-state index contributed by atoms with van der Waals surface area (Å²) in [5.74, 6) is 0.183. The Morgan fingerprint density at radius 2 is 2.32 bits per heavy atom. The number of rotatable bonds is 6. The zero-order chi connectivity index (χ0) is 15.9. The van der Waals surface area contributed by atoms with E-state index >= 15 is 0 Å². The maximum atomic E-state index is 13.2. The third-order valence-electron chi connectivity index (χ3n) is 3.70. The van der Waals surface area contributed by atoms with E-state index in [0.717, 1.165) is 19.6 Å². The normalized spacial score (nSPS) is 19.2. The first-order valence-corrected chi connectivity index (χ1v) is 7.47. The van der Waals surface area contributed by atoms with Gasteiger partial charge in [-0.15, -0.1) is 0 Å². The van der Waals surface area contributed by atoms with E-state index in [1.807, 2.05) is 6.07 Å². The van der Waals surface area contributed by atoms with Crippen molar-refractivity contribution in [2.75, 3.05) is 51.3 Å². The standard InChI is InChI=1S/C15H23FN4O2/c1-12-10-19(11-15(21)17-6-9-22-2)7-8-20(12)14-5-3-4-13(16)18-14/h3-5,12H,6-11H2,1-2H3,(H,17,21). The van der Waals surface area contributed by atoms with E-state index in [9.17, 15) is 9.18 Å². The summed E-state index contributed by atoms with van der Waals surface area (Å²) in [5, 5.41) is 2.81. The van der Waals surface area contributed by atoms with Gasteiger partial charge in [0.1, 0.15) is 5.82 Å². The third kappa shape index (κ3) is 4.64. The van der Waals surface area contributed by atoms with Crippen LogP contribution in [0, 0.1) is 5.95 Å². The van der Waals surface area contributed by atoms with Crippen LogP contribution in [0.5, 0.6) is 0 Å². The topological polar surface area (TPSA) is 57.7 Å². The van der Waals surface area contributed by atoms with Crippen LogP contribution in [0.15, 0.2) is 18.2 Å². The minimum Gasteiger partial charge on any atom is -0.383 e. The lowest BCUT2D eigenvalue weighted by Crippen LogP contribution is -2.54. The zero-order valence-corrected chi connectivity index (χ0v) is 13.1. The maximum absolute atomic E-state index is 13.2. The number of carbonyl (C=O) groups excluding carboxylic acids is 1. The zero-order valence-electron chi connectivity index (χ0n) is 13.1. The van der Waals surface area contributed by atoms with Crippen LogP contribution < -0.4 is 10.2 Å². The average molecular weight is 310 g/mol. The number of ether oxygens (including phenoxy) is 1. The van der Waals surface area contributed by atoms with Crippen molar-refractivity contribution in [2.45, 2.75) is 13.0 Å². The largest absolute Gasteiger partial charge is 0.383 e. The lowest BCUT2D eigenvalue weighted by molar-refractivity contribution is -0.122. The second-order valence-electron chi connectivity index (χ2n) is 5.44. The van der Waals surface area contributed by atoms with Crippen LogP contribution in [0.1, 0.15) is 6.92 Å². The fraction of sp³-hybridized carbons (Fsp3) is 0.600. The van der Waals surface area contributed by atoms with Gasteiger partial charge in [-0.1, -0.05) is 6.07 Å². The van der Waals surface area contributed by atoms with Crippen LogP contribution in [-0.4, -0.2) is 68.3 Å². The van der Waals surface area contributed by atoms with Crippen LogP contribution in [0.3, 0.4) is 0 Å². The van der Waals surface area contributed by atoms with Gasteiger partial charge in [-0.2, -0.15) is 4.39 Å². The molecule has 0 aliphatic carbocycles. The number of hydrogen-bond donors (Lipinski definition) is 1. The Balaban J connectivity index is 1.83. The molecule has 1 aliphatic rings. The molecule has 1 N–H and O–H groups in total. The monoisotopic (exact) mass is 310 g/mol. The van der Waals surface area contributed by atoms with Crippen molar-refractivity contribution >= 4 is 11.7 Å². The first kappa shape index (κ1) is 16.6. The molecule has 2 rings (SSSR count). The minimum absolute atomic E-state index is 0.00146. The molecule has 1 unspecified atom stereocenters. The van der Waals surface area contributed by atoms with Gasteiger partial charge in [-0.3, -0.25) is 9.69 Å². The smallest absolute Gasteiger partial charge is 0.234 e. The number of amides is 1. The molecule has 2 heterocycles. The van der Waals surface area contributed by atoms with Crippen molar-refractivity contribution in [2.24, 2.45) is 0 Å². The summed E-state index contributed by atoms with van der Waals surface area (Å²) in [6.07, 6.45) is 0. The Kier molecular flexibility index (Phi) is 6.09. The number of nitrogens with one attached hydrogen (secondary N) is 1. The maximum Gasteiger partial charge on any atom is 0.234 e. The Bertz CT molecular complexity index is 500. The van der Waals surface area contributed by atoms with Gasteiger partial charge in [0, 0.05) is 39.3 Å². The van der Waals surface area contributed by atoms with Crippen LogP contribution in [0.4, 0.5) is 10.2 Å². The SMILES string of the molecule is COCCNC(=O)CN1CCN(c2cccc(F)n2)C(C)C1. The molecule has 6 nitrogen and oxygen atoms in total. The van der Waals surface area contributed by atoms with E-state index in [2.05, 4.69) is 27.0 Å². The predicted molar refractivity (Wildman–Crippen MR) is 82.3 cm³/mol. The number of anilines is 1. The number of methoxy groups -OCH3 is 1. The number of carbonyl (C=O) groups is 1. The highest BCUT2D eigenvalue weighted by Gasteiger charge is 2.25. The fourth-order valence-corrected chi connectivity index (χ4v) is 2.63. The molecule has 22 heavy (non-hydrogen) atoms. The van der Waals surface area contributed by atoms with E-state index in [0.29, 0.717) is 25.5 Å². The molecule has 1 fully saturated rings. The van der Waals surface area contributed by atoms with E-state index in [1.165, 1.54) is 6.07 Å². The van der Waals surface area contributed by atoms with E-state index in [-0.39, 0.29) is 11.9 Å². The van der Waals surface area contributed by atoms with E-state index < -0.39 is 5.95 Å². The molecule has 0 aromatic carbocycles. The summed E-state index contributed by atoms with van der Waals surface area (Å²) < 4.78 is 18.1. The van der Waals surface area contributed by atoms with Crippen molar-refractivity contribution in [3.8, 4) is 0 Å². The quantitative estimate of drug-likeness (QED) is 0.612. The molecule has 1 aromatic heterocycles. The highest BCUT2D eigenvalue weighted by atomic mass is 19.1. The van der Waals surface area contributed by atoms with Crippen LogP contribution in [0.25, 0.3) is 0 Å². The van der Waals surface area contributed by atoms with Crippen molar-refractivity contribution in [1.29, 1.82) is 0 Å². The van der Waals surface area contributed by atoms with Gasteiger partial charge in [0.15, 0.2) is 0 Å². The molecule has 1 aliphatic heterocycles. The molecule has 7 heteroatoms. The molecule has 1 saturated heterocycles. The lowest BCUT2D eigenvalue weighted by atomic mass is 10.2. The summed E-state index contributed by atoms with van der Waals surface area (Å²) in [6.45, 7) is 5.69. The first-order valence-electron chi connectivity index (χ1n) is 7.47. The number of hydrogen-bond acceptors (Lipinski definition) is 5. The van der Waals surface area contributed by atoms with Gasteiger partial charge in [0.2, 0.25) is 11.9 Å². The second-order valence-corrected chi connectivity index (χ2v) is 5.44. The molecular formula is C15H23FN4O2. The third-order valence-corrected chi connectivity index (χ3v) is 3.70. The molecule has 0 bridgehead atoms. The molecule has 122 valence electrons. The van der Waals surface area contributed by atoms with Crippen molar-refractivity contribution < 1.29 is 13.9 Å². The van der Waals surface area contributed by atoms with Gasteiger partial charge in [-0.05, 0) is 19.1 Å². The molecule has 1 amide bonds. The predicted octanol–water partition coefficient (Wildman–Crippen LogP) is 0.494. The minimum atomic E-state index is -0.468. The summed E-state index contributed by atoms with van der Waals surface area (Å²) in [7, 11) is 1.60. The summed E-state index contributed by atoms with van der Waals surface area (Å²) in [6, 6.07) is 5.00. The van der Waals surface area contributed by atoms with Gasteiger partial charge >= 0.3 is 0 Å². The molecule has 1 atom stereocenters. The van der Waals surface area contributed by atoms with Crippen LogP contribution in [-0.2, 0) is 9.53 Å². The van der Waals surface area contributed by atoms with E-state index in [4.69, 9.17) is 4.74 Å². The molecular weight excluding hydrogens is 287 g/mol. The number of pyridine rings is 1. The van der Waals surface area contributed by atoms with Crippen molar-refractivity contribution in [3.05, 3.63) is 24.1 Å². The summed E-state index contributed by atoms with van der Waals surface area (Å²) in [4.78, 5) is 19.9. The molecule has 0 spiro atoms. The van der Waals surface area contributed by atoms with Gasteiger partial charge < -0.3 is 15.0 Å². The number of aromatic nitrogens is 1. The molecule has 0 radical (unpaired) electrons. The number of halogens is 1. The number of piperazine rings is 1. The van der Waals surface area contributed by atoms with Crippen molar-refractivity contribution in [1.82, 2.24) is 15.2 Å². The fourth-order valence-electron chi connectivity index (χ4n) is 2.63. The number of nitrogens with zero attached hydrogens (tertiary/aromatic N) is 3. The highest BCUT2D eigenvalue weighted by Crippen LogP contribution is 2.18. The first-order chi connectivity index (χ1) is 10.6. The second kappa shape index (κ2) is 8.05. The van der Waals surface area contributed by atoms with Gasteiger partial charge in [-0.25, -0.2) is 4.98 Å². The van der Waals surface area contributed by atoms with Crippen molar-refractivity contribution in [3.63, 3.8) is 0 Å². The highest BCUT2D eigenvalue weighted by molar-refractivity contribution is 5.78. The lowest BCUT2D eigenvalue weighted by Gasteiger charge is -2.40. The Hall–Kier alpha value is -1.73. The molecule has 1 aromatic rings. The molecule has 0 saturated carbocycles. The Morgan fingerprint density at radius 3 is 3.00 bits per heavy atom. The van der Waals surface area contributed by atoms with Crippen LogP contribution in [0.2, 0.25) is 0 Å². The average Bonchev–Trinajstić information content (AvgIpc) is 2.47. The van der Waals surface area contributed by atoms with Gasteiger partial charge in [0.05, 0.1) is 13.2 Å².